The molecule has 1 unspecified atom stereocenters. The van der Waals surface area contributed by atoms with Crippen LogP contribution in [0, 0.1) is 0 Å². The molecule has 0 bridgehead atoms. The Morgan fingerprint density at radius 3 is 2.62 bits per heavy atom. The van der Waals surface area contributed by atoms with E-state index in [4.69, 9.17) is 16.6 Å². The van der Waals surface area contributed by atoms with Crippen molar-refractivity contribution in [3.05, 3.63) is 74.7 Å². The van der Waals surface area contributed by atoms with E-state index in [0.717, 1.165) is 39.7 Å². The summed E-state index contributed by atoms with van der Waals surface area (Å²) in [5, 5.41) is 9.50. The van der Waals surface area contributed by atoms with Crippen molar-refractivity contribution in [2.75, 3.05) is 31.5 Å². The summed E-state index contributed by atoms with van der Waals surface area (Å²) in [6.07, 6.45) is 7.49. The lowest BCUT2D eigenvalue weighted by Crippen LogP contribution is -2.64. The molecule has 3 aromatic rings. The first-order chi connectivity index (χ1) is 21.4. The Kier molecular flexibility index (Phi) is 10.1. The van der Waals surface area contributed by atoms with Gasteiger partial charge >= 0.3 is 6.03 Å². The minimum absolute atomic E-state index is 0.195. The van der Waals surface area contributed by atoms with E-state index in [1.54, 1.807) is 17.3 Å². The second-order valence-corrected chi connectivity index (χ2v) is 13.9. The smallest absolute Gasteiger partial charge is 0.318 e. The number of hydrogen-bond donors (Lipinski definition) is 3. The van der Waals surface area contributed by atoms with Crippen molar-refractivity contribution < 1.29 is 14.4 Å². The predicted molar refractivity (Wildman–Crippen MR) is 177 cm³/mol. The van der Waals surface area contributed by atoms with E-state index < -0.39 is 11.6 Å². The fourth-order valence-corrected chi connectivity index (χ4v) is 6.60. The van der Waals surface area contributed by atoms with Gasteiger partial charge in [0, 0.05) is 73.3 Å². The summed E-state index contributed by atoms with van der Waals surface area (Å²) in [4.78, 5) is 51.8. The first-order valence-corrected chi connectivity index (χ1v) is 16.4. The number of aromatic nitrogens is 3. The number of benzene rings is 1. The first kappa shape index (κ1) is 32.9. The molecule has 1 saturated heterocycles. The highest BCUT2D eigenvalue weighted by molar-refractivity contribution is 9.10. The molecular formula is C32H40BrClN8O3. The number of urea groups is 1. The van der Waals surface area contributed by atoms with Gasteiger partial charge in [0.2, 0.25) is 17.8 Å². The Bertz CT molecular complexity index is 1520. The van der Waals surface area contributed by atoms with Gasteiger partial charge in [-0.1, -0.05) is 17.7 Å². The van der Waals surface area contributed by atoms with Gasteiger partial charge in [-0.15, -0.1) is 0 Å². The van der Waals surface area contributed by atoms with Gasteiger partial charge in [0.05, 0.1) is 11.7 Å². The number of anilines is 1. The van der Waals surface area contributed by atoms with Gasteiger partial charge in [0.1, 0.15) is 6.04 Å². The predicted octanol–water partition coefficient (Wildman–Crippen LogP) is 4.54. The Hall–Kier alpha value is -3.48. The first-order valence-electron chi connectivity index (χ1n) is 15.2. The summed E-state index contributed by atoms with van der Waals surface area (Å²) < 4.78 is 2.75. The van der Waals surface area contributed by atoms with Crippen LogP contribution in [-0.2, 0) is 29.0 Å². The van der Waals surface area contributed by atoms with Crippen molar-refractivity contribution in [1.82, 2.24) is 35.0 Å². The van der Waals surface area contributed by atoms with Crippen LogP contribution in [-0.4, -0.2) is 79.9 Å². The van der Waals surface area contributed by atoms with E-state index in [1.807, 2.05) is 43.7 Å². The van der Waals surface area contributed by atoms with Gasteiger partial charge in [0.15, 0.2) is 0 Å². The normalized spacial score (nSPS) is 18.4. The lowest BCUT2D eigenvalue weighted by molar-refractivity contribution is -0.127. The van der Waals surface area contributed by atoms with Crippen molar-refractivity contribution >= 4 is 51.3 Å². The molecule has 240 valence electrons. The molecule has 0 saturated carbocycles. The van der Waals surface area contributed by atoms with Gasteiger partial charge in [-0.25, -0.2) is 9.78 Å². The van der Waals surface area contributed by atoms with Gasteiger partial charge in [-0.2, -0.15) is 0 Å². The molecule has 2 aliphatic rings. The van der Waals surface area contributed by atoms with Crippen LogP contribution in [0.5, 0.6) is 0 Å². The molecule has 45 heavy (non-hydrogen) atoms. The van der Waals surface area contributed by atoms with Gasteiger partial charge < -0.3 is 20.1 Å². The third-order valence-corrected chi connectivity index (χ3v) is 8.66. The average Bonchev–Trinajstić information content (AvgIpc) is 3.33. The molecule has 1 aliphatic carbocycles. The van der Waals surface area contributed by atoms with Crippen molar-refractivity contribution in [3.8, 4) is 0 Å². The molecule has 3 heterocycles. The maximum atomic E-state index is 13.9. The van der Waals surface area contributed by atoms with Gasteiger partial charge in [-0.3, -0.25) is 24.8 Å². The van der Waals surface area contributed by atoms with Gasteiger partial charge in [0.25, 0.3) is 0 Å². The number of amides is 4. The third kappa shape index (κ3) is 8.03. The SMILES string of the molecule is CC(=O)Nc1nccn1CCCNC(=O)[C@H]1CN(C2c3ccc(Cl)cc3CCc3cc(Br)cnc32)CCN1C(=O)NC(C)(C)C. The van der Waals surface area contributed by atoms with E-state index in [-0.39, 0.29) is 23.9 Å². The molecule has 0 radical (unpaired) electrons. The number of nitrogens with zero attached hydrogens (tertiary/aromatic N) is 5. The Morgan fingerprint density at radius 2 is 1.87 bits per heavy atom. The Balaban J connectivity index is 1.38. The van der Waals surface area contributed by atoms with Crippen LogP contribution in [0.3, 0.4) is 0 Å². The van der Waals surface area contributed by atoms with Gasteiger partial charge in [-0.05, 0) is 90.9 Å². The molecule has 5 rings (SSSR count). The summed E-state index contributed by atoms with van der Waals surface area (Å²) >= 11 is 10.0. The van der Waals surface area contributed by atoms with Crippen LogP contribution in [0.4, 0.5) is 10.7 Å². The quantitative estimate of drug-likeness (QED) is 0.311. The Morgan fingerprint density at radius 1 is 1.09 bits per heavy atom. The molecule has 1 aliphatic heterocycles. The molecule has 0 spiro atoms. The summed E-state index contributed by atoms with van der Waals surface area (Å²) in [7, 11) is 0. The summed E-state index contributed by atoms with van der Waals surface area (Å²) in [6.45, 7) is 9.44. The second-order valence-electron chi connectivity index (χ2n) is 12.6. The maximum absolute atomic E-state index is 13.9. The molecule has 11 nitrogen and oxygen atoms in total. The molecular weight excluding hydrogens is 660 g/mol. The van der Waals surface area contributed by atoms with Crippen LogP contribution >= 0.6 is 27.5 Å². The van der Waals surface area contributed by atoms with E-state index in [9.17, 15) is 14.4 Å². The van der Waals surface area contributed by atoms with Crippen LogP contribution in [0.15, 0.2) is 47.3 Å². The number of pyridine rings is 1. The minimum atomic E-state index is -0.720. The molecule has 3 N–H and O–H groups in total. The zero-order valence-corrected chi connectivity index (χ0v) is 28.4. The molecule has 2 aromatic heterocycles. The lowest BCUT2D eigenvalue weighted by atomic mass is 9.95. The second kappa shape index (κ2) is 13.9. The minimum Gasteiger partial charge on any atom is -0.354 e. The van der Waals surface area contributed by atoms with Crippen LogP contribution in [0.2, 0.25) is 5.02 Å². The van der Waals surface area contributed by atoms with E-state index >= 15 is 0 Å². The maximum Gasteiger partial charge on any atom is 0.318 e. The number of rotatable bonds is 7. The largest absolute Gasteiger partial charge is 0.354 e. The fourth-order valence-electron chi connectivity index (χ4n) is 6.03. The summed E-state index contributed by atoms with van der Waals surface area (Å²) in [6, 6.07) is 6.95. The van der Waals surface area contributed by atoms with E-state index in [2.05, 4.69) is 53.9 Å². The van der Waals surface area contributed by atoms with Crippen molar-refractivity contribution in [2.45, 2.75) is 71.1 Å². The monoisotopic (exact) mass is 698 g/mol. The number of carbonyl (C=O) groups is 3. The number of carbonyl (C=O) groups excluding carboxylic acids is 3. The number of piperazine rings is 1. The van der Waals surface area contributed by atoms with Crippen LogP contribution < -0.4 is 16.0 Å². The molecule has 2 atom stereocenters. The van der Waals surface area contributed by atoms with Crippen molar-refractivity contribution in [1.29, 1.82) is 0 Å². The van der Waals surface area contributed by atoms with Crippen molar-refractivity contribution in [2.24, 2.45) is 0 Å². The fraction of sp³-hybridized carbons (Fsp3) is 0.469. The highest BCUT2D eigenvalue weighted by atomic mass is 79.9. The topological polar surface area (TPSA) is 124 Å². The number of nitrogens with one attached hydrogen (secondary N) is 3. The Labute approximate surface area is 277 Å². The molecule has 13 heteroatoms. The average molecular weight is 700 g/mol. The van der Waals surface area contributed by atoms with Crippen LogP contribution in [0.1, 0.15) is 62.5 Å². The molecule has 1 aromatic carbocycles. The highest BCUT2D eigenvalue weighted by Crippen LogP contribution is 2.38. The number of halogens is 2. The zero-order chi connectivity index (χ0) is 32.3. The lowest BCUT2D eigenvalue weighted by Gasteiger charge is -2.44. The molecule has 1 fully saturated rings. The van der Waals surface area contributed by atoms with E-state index in [1.165, 1.54) is 6.92 Å². The highest BCUT2D eigenvalue weighted by Gasteiger charge is 2.41. The standard InChI is InChI=1S/C32H40BrClN8O3/c1-20(43)38-30-36-11-13-40(30)12-5-10-35-29(44)26-19-41(14-15-42(26)31(45)39-32(2,3)4)28-25-9-8-24(34)17-21(25)6-7-22-16-23(33)18-37-27(22)28/h8-9,11,13,16-18,26,28H,5-7,10,12,14-15,19H2,1-4H3,(H,35,44)(H,39,45)(H,36,38,43)/t26-,28?/m1/s1. The summed E-state index contributed by atoms with van der Waals surface area (Å²) in [5.41, 5.74) is 3.93. The third-order valence-electron chi connectivity index (χ3n) is 7.99. The van der Waals surface area contributed by atoms with Crippen molar-refractivity contribution in [3.63, 3.8) is 0 Å². The number of hydrogen-bond acceptors (Lipinski definition) is 6. The molecule has 4 amide bonds. The summed E-state index contributed by atoms with van der Waals surface area (Å²) in [5.74, 6) is 0.0501. The van der Waals surface area contributed by atoms with Crippen LogP contribution in [0.25, 0.3) is 0 Å². The number of aryl methyl sites for hydroxylation is 3. The van der Waals surface area contributed by atoms with E-state index in [0.29, 0.717) is 50.1 Å². The number of imidazole rings is 1. The zero-order valence-electron chi connectivity index (χ0n) is 26.1. The number of fused-ring (bicyclic) bond motifs is 2.